The summed E-state index contributed by atoms with van der Waals surface area (Å²) in [7, 11) is 3.70. The second kappa shape index (κ2) is 10.5. The van der Waals surface area contributed by atoms with Gasteiger partial charge in [-0.15, -0.1) is 0 Å². The maximum Gasteiger partial charge on any atom is 0.255 e. The first-order valence-corrected chi connectivity index (χ1v) is 14.0. The van der Waals surface area contributed by atoms with E-state index < -0.39 is 6.04 Å². The molecule has 0 radical (unpaired) electrons. The van der Waals surface area contributed by atoms with Gasteiger partial charge < -0.3 is 24.5 Å². The zero-order chi connectivity index (χ0) is 27.1. The number of amides is 2. The van der Waals surface area contributed by atoms with E-state index in [1.165, 1.54) is 23.8 Å². The SMILES string of the molecule is CNC(=O)C(CCC=O)N1Cc2cc(-c3cc(CN4CCCC4)c4ccn(C5CN(C)C5)c4n3)ccc2C1=O. The lowest BCUT2D eigenvalue weighted by Gasteiger charge is -2.37. The Kier molecular flexibility index (Phi) is 6.95. The van der Waals surface area contributed by atoms with Crippen LogP contribution < -0.4 is 5.32 Å². The highest BCUT2D eigenvalue weighted by Crippen LogP contribution is 2.34. The molecule has 0 saturated carbocycles. The average Bonchev–Trinajstić information content (AvgIpc) is 3.66. The molecule has 1 atom stereocenters. The Hall–Kier alpha value is -3.56. The van der Waals surface area contributed by atoms with E-state index in [0.717, 1.165) is 61.5 Å². The van der Waals surface area contributed by atoms with Crippen LogP contribution in [-0.2, 0) is 22.7 Å². The van der Waals surface area contributed by atoms with Crippen molar-refractivity contribution in [1.29, 1.82) is 0 Å². The Bertz CT molecular complexity index is 1420. The number of aromatic nitrogens is 2. The molecular formula is C30H36N6O3. The number of carbonyl (C=O) groups excluding carboxylic acids is 3. The first-order chi connectivity index (χ1) is 19.0. The molecule has 0 bridgehead atoms. The highest BCUT2D eigenvalue weighted by molar-refractivity contribution is 6.01. The van der Waals surface area contributed by atoms with E-state index in [1.54, 1.807) is 11.9 Å². The van der Waals surface area contributed by atoms with Crippen molar-refractivity contribution in [2.75, 3.05) is 40.3 Å². The summed E-state index contributed by atoms with van der Waals surface area (Å²) in [5.74, 6) is -0.420. The number of aldehydes is 1. The van der Waals surface area contributed by atoms with Crippen LogP contribution in [0.2, 0.25) is 0 Å². The molecule has 204 valence electrons. The Morgan fingerprint density at radius 3 is 2.69 bits per heavy atom. The van der Waals surface area contributed by atoms with Gasteiger partial charge in [-0.2, -0.15) is 0 Å². The van der Waals surface area contributed by atoms with E-state index in [9.17, 15) is 14.4 Å². The number of carbonyl (C=O) groups is 3. The fourth-order valence-corrected chi connectivity index (χ4v) is 6.37. The minimum Gasteiger partial charge on any atom is -0.357 e. The lowest BCUT2D eigenvalue weighted by Crippen LogP contribution is -2.46. The summed E-state index contributed by atoms with van der Waals surface area (Å²) in [4.78, 5) is 48.4. The number of nitrogens with one attached hydrogen (secondary N) is 1. The molecule has 9 nitrogen and oxygen atoms in total. The van der Waals surface area contributed by atoms with Crippen LogP contribution in [0, 0.1) is 0 Å². The molecule has 9 heteroatoms. The Labute approximate surface area is 228 Å². The van der Waals surface area contributed by atoms with E-state index in [4.69, 9.17) is 4.98 Å². The summed E-state index contributed by atoms with van der Waals surface area (Å²) >= 11 is 0. The summed E-state index contributed by atoms with van der Waals surface area (Å²) in [6, 6.07) is 10.1. The van der Waals surface area contributed by atoms with Crippen molar-refractivity contribution < 1.29 is 14.4 Å². The molecule has 5 heterocycles. The van der Waals surface area contributed by atoms with E-state index in [0.29, 0.717) is 24.6 Å². The number of hydrogen-bond donors (Lipinski definition) is 1. The Balaban J connectivity index is 1.36. The van der Waals surface area contributed by atoms with Gasteiger partial charge in [-0.25, -0.2) is 4.98 Å². The molecule has 0 aliphatic carbocycles. The number of fused-ring (bicyclic) bond motifs is 2. The van der Waals surface area contributed by atoms with E-state index >= 15 is 0 Å². The number of likely N-dealkylation sites (tertiary alicyclic amines) is 2. The summed E-state index contributed by atoms with van der Waals surface area (Å²) < 4.78 is 2.33. The van der Waals surface area contributed by atoms with Gasteiger partial charge >= 0.3 is 0 Å². The summed E-state index contributed by atoms with van der Waals surface area (Å²) in [5, 5.41) is 3.86. The second-order valence-corrected chi connectivity index (χ2v) is 11.2. The van der Waals surface area contributed by atoms with Gasteiger partial charge in [-0.1, -0.05) is 6.07 Å². The van der Waals surface area contributed by atoms with Crippen molar-refractivity contribution in [3.8, 4) is 11.3 Å². The number of pyridine rings is 1. The predicted octanol–water partition coefficient (Wildman–Crippen LogP) is 2.84. The maximum atomic E-state index is 13.3. The molecule has 1 unspecified atom stereocenters. The van der Waals surface area contributed by atoms with E-state index in [-0.39, 0.29) is 18.2 Å². The minimum atomic E-state index is -0.672. The molecule has 1 aromatic carbocycles. The van der Waals surface area contributed by atoms with Crippen molar-refractivity contribution in [1.82, 2.24) is 29.6 Å². The maximum absolute atomic E-state index is 13.3. The summed E-state index contributed by atoms with van der Waals surface area (Å²) in [6.07, 6.45) is 6.00. The van der Waals surface area contributed by atoms with Crippen LogP contribution in [0.15, 0.2) is 36.5 Å². The highest BCUT2D eigenvalue weighted by Gasteiger charge is 2.36. The van der Waals surface area contributed by atoms with Crippen molar-refractivity contribution >= 4 is 29.1 Å². The third-order valence-electron chi connectivity index (χ3n) is 8.52. The normalized spacial score (nSPS) is 18.9. The van der Waals surface area contributed by atoms with Crippen LogP contribution >= 0.6 is 0 Å². The van der Waals surface area contributed by atoms with Gasteiger partial charge in [-0.05, 0) is 74.8 Å². The zero-order valence-electron chi connectivity index (χ0n) is 22.7. The smallest absolute Gasteiger partial charge is 0.255 e. The number of hydrogen-bond acceptors (Lipinski definition) is 6. The number of benzene rings is 1. The lowest BCUT2D eigenvalue weighted by molar-refractivity contribution is -0.125. The first-order valence-electron chi connectivity index (χ1n) is 14.0. The van der Waals surface area contributed by atoms with E-state index in [2.05, 4.69) is 45.1 Å². The third-order valence-corrected chi connectivity index (χ3v) is 8.52. The molecular weight excluding hydrogens is 492 g/mol. The minimum absolute atomic E-state index is 0.169. The monoisotopic (exact) mass is 528 g/mol. The van der Waals surface area contributed by atoms with E-state index in [1.807, 2.05) is 18.2 Å². The fourth-order valence-electron chi connectivity index (χ4n) is 6.37. The van der Waals surface area contributed by atoms with Crippen LogP contribution in [0.5, 0.6) is 0 Å². The van der Waals surface area contributed by atoms with Crippen LogP contribution in [0.25, 0.3) is 22.3 Å². The molecule has 39 heavy (non-hydrogen) atoms. The van der Waals surface area contributed by atoms with Gasteiger partial charge in [0.05, 0.1) is 11.7 Å². The number of likely N-dealkylation sites (N-methyl/N-ethyl adjacent to an activating group) is 2. The van der Waals surface area contributed by atoms with Crippen molar-refractivity contribution in [2.45, 2.75) is 50.9 Å². The van der Waals surface area contributed by atoms with Crippen LogP contribution in [0.1, 0.15) is 53.2 Å². The highest BCUT2D eigenvalue weighted by atomic mass is 16.2. The van der Waals surface area contributed by atoms with Gasteiger partial charge in [0.2, 0.25) is 5.91 Å². The van der Waals surface area contributed by atoms with Gasteiger partial charge in [0.1, 0.15) is 18.0 Å². The Morgan fingerprint density at radius 1 is 1.18 bits per heavy atom. The molecule has 3 aliphatic heterocycles. The molecule has 2 fully saturated rings. The fraction of sp³-hybridized carbons (Fsp3) is 0.467. The number of nitrogens with zero attached hydrogens (tertiary/aromatic N) is 5. The second-order valence-electron chi connectivity index (χ2n) is 11.2. The lowest BCUT2D eigenvalue weighted by atomic mass is 10.0. The van der Waals surface area contributed by atoms with Crippen molar-refractivity contribution in [3.05, 3.63) is 53.2 Å². The summed E-state index contributed by atoms with van der Waals surface area (Å²) in [5.41, 5.74) is 5.67. The molecule has 1 N–H and O–H groups in total. The number of rotatable bonds is 9. The Morgan fingerprint density at radius 2 is 1.97 bits per heavy atom. The molecule has 2 saturated heterocycles. The van der Waals surface area contributed by atoms with Crippen LogP contribution in [0.4, 0.5) is 0 Å². The molecule has 2 amide bonds. The van der Waals surface area contributed by atoms with Gasteiger partial charge in [0.25, 0.3) is 5.91 Å². The largest absolute Gasteiger partial charge is 0.357 e. The van der Waals surface area contributed by atoms with Crippen LogP contribution in [-0.4, -0.2) is 88.7 Å². The predicted molar refractivity (Wildman–Crippen MR) is 149 cm³/mol. The molecule has 2 aromatic heterocycles. The first kappa shape index (κ1) is 25.7. The molecule has 3 aromatic rings. The van der Waals surface area contributed by atoms with Crippen LogP contribution in [0.3, 0.4) is 0 Å². The molecule has 6 rings (SSSR count). The molecule has 0 spiro atoms. The quantitative estimate of drug-likeness (QED) is 0.430. The summed E-state index contributed by atoms with van der Waals surface area (Å²) in [6.45, 7) is 5.53. The van der Waals surface area contributed by atoms with Gasteiger partial charge in [0.15, 0.2) is 0 Å². The van der Waals surface area contributed by atoms with Crippen molar-refractivity contribution in [2.24, 2.45) is 0 Å². The van der Waals surface area contributed by atoms with Crippen molar-refractivity contribution in [3.63, 3.8) is 0 Å². The standard InChI is InChI=1S/C30H36N6O3/c1-31-29(38)27(6-5-13-37)36-17-21-14-20(7-8-25(21)30(36)39)26-15-22(16-34-10-3-4-11-34)24-9-12-35(28(24)32-26)23-18-33(2)19-23/h7-9,12-15,23,27H,3-6,10-11,16-19H2,1-2H3,(H,31,38). The zero-order valence-corrected chi connectivity index (χ0v) is 22.7. The van der Waals surface area contributed by atoms with Gasteiger partial charge in [0, 0.05) is 62.4 Å². The topological polar surface area (TPSA) is 90.8 Å². The average molecular weight is 529 g/mol. The third kappa shape index (κ3) is 4.74. The molecule has 3 aliphatic rings. The van der Waals surface area contributed by atoms with Gasteiger partial charge in [-0.3, -0.25) is 14.5 Å².